The number of quaternary nitrogens is 1. The van der Waals surface area contributed by atoms with Crippen LogP contribution < -0.4 is 17.7 Å². The van der Waals surface area contributed by atoms with Gasteiger partial charge in [0.05, 0.1) is 12.1 Å². The molecule has 0 spiro atoms. The molecule has 3 atom stereocenters. The second kappa shape index (κ2) is 6.15. The van der Waals surface area contributed by atoms with Crippen LogP contribution in [0, 0.1) is 0 Å². The molecule has 1 aliphatic rings. The van der Waals surface area contributed by atoms with Crippen LogP contribution in [0.15, 0.2) is 0 Å². The Bertz CT molecular complexity index is 157. The third kappa shape index (κ3) is 4.42. The molecule has 1 saturated heterocycles. The molecule has 13 heavy (non-hydrogen) atoms. The van der Waals surface area contributed by atoms with Crippen molar-refractivity contribution < 1.29 is 38.2 Å². The molecule has 5 nitrogen and oxygen atoms in total. The van der Waals surface area contributed by atoms with E-state index in [1.807, 2.05) is 6.92 Å². The number of hydrogen-bond donors (Lipinski definition) is 3. The fraction of sp³-hybridized carbons (Fsp3) is 0.857. The average Bonchev–Trinajstić information content (AvgIpc) is 1.85. The van der Waals surface area contributed by atoms with Gasteiger partial charge in [-0.3, -0.25) is 0 Å². The highest BCUT2D eigenvalue weighted by Crippen LogP contribution is 2.07. The Balaban J connectivity index is 0. The topological polar surface area (TPSA) is 106 Å². The lowest BCUT2D eigenvalue weighted by atomic mass is 9.97. The molecule has 1 aliphatic heterocycles. The van der Waals surface area contributed by atoms with E-state index in [0.717, 1.165) is 0 Å². The summed E-state index contributed by atoms with van der Waals surface area (Å²) in [6, 6.07) is -0.228. The van der Waals surface area contributed by atoms with Gasteiger partial charge in [0.1, 0.15) is 0 Å². The summed E-state index contributed by atoms with van der Waals surface area (Å²) < 4.78 is 0. The van der Waals surface area contributed by atoms with Gasteiger partial charge in [-0.2, -0.15) is 0 Å². The minimum atomic E-state index is -0.824. The molecular formula is C7H16ClNO4. The number of aliphatic carboxylic acids is 1. The molecule has 6 N–H and O–H groups in total. The fourth-order valence-corrected chi connectivity index (χ4v) is 1.56. The lowest BCUT2D eigenvalue weighted by Crippen LogP contribution is -3.00. The van der Waals surface area contributed by atoms with Crippen molar-refractivity contribution in [3.8, 4) is 0 Å². The highest BCUT2D eigenvalue weighted by Gasteiger charge is 2.32. The number of carboxylic acid groups (broad SMARTS) is 1. The third-order valence-corrected chi connectivity index (χ3v) is 2.05. The van der Waals surface area contributed by atoms with Crippen molar-refractivity contribution in [2.75, 3.05) is 0 Å². The molecule has 0 saturated carbocycles. The first-order valence-corrected chi connectivity index (χ1v) is 3.85. The Morgan fingerprint density at radius 2 is 2.00 bits per heavy atom. The third-order valence-electron chi connectivity index (χ3n) is 2.05. The predicted octanol–water partition coefficient (Wildman–Crippen LogP) is -5.27. The summed E-state index contributed by atoms with van der Waals surface area (Å²) in [7, 11) is 0. The van der Waals surface area contributed by atoms with Gasteiger partial charge in [-0.05, 0) is 6.92 Å². The van der Waals surface area contributed by atoms with E-state index in [-0.39, 0.29) is 23.9 Å². The highest BCUT2D eigenvalue weighted by atomic mass is 35.5. The van der Waals surface area contributed by atoms with E-state index in [1.54, 1.807) is 5.32 Å². The summed E-state index contributed by atoms with van der Waals surface area (Å²) >= 11 is 0. The monoisotopic (exact) mass is 213 g/mol. The molecule has 0 amide bonds. The van der Waals surface area contributed by atoms with E-state index < -0.39 is 18.1 Å². The average molecular weight is 214 g/mol. The molecule has 0 bridgehead atoms. The maximum Gasteiger partial charge on any atom is 0.362 e. The molecule has 0 aromatic heterocycles. The van der Waals surface area contributed by atoms with Crippen molar-refractivity contribution in [2.24, 2.45) is 0 Å². The molecular weight excluding hydrogens is 198 g/mol. The van der Waals surface area contributed by atoms with E-state index >= 15 is 0 Å². The molecule has 6 heteroatoms. The highest BCUT2D eigenvalue weighted by molar-refractivity contribution is 5.71. The van der Waals surface area contributed by atoms with Crippen LogP contribution in [0.4, 0.5) is 0 Å². The van der Waals surface area contributed by atoms with Crippen LogP contribution in [0.25, 0.3) is 0 Å². The van der Waals surface area contributed by atoms with E-state index in [4.69, 9.17) is 5.11 Å². The second-order valence-electron chi connectivity index (χ2n) is 3.24. The summed E-state index contributed by atoms with van der Waals surface area (Å²) in [5.74, 6) is -0.824. The van der Waals surface area contributed by atoms with Crippen LogP contribution >= 0.6 is 0 Å². The van der Waals surface area contributed by atoms with Gasteiger partial charge in [0.2, 0.25) is 0 Å². The van der Waals surface area contributed by atoms with Gasteiger partial charge in [-0.1, -0.05) is 0 Å². The zero-order valence-corrected chi connectivity index (χ0v) is 8.16. The van der Waals surface area contributed by atoms with Crippen LogP contribution in [0.1, 0.15) is 19.8 Å². The van der Waals surface area contributed by atoms with Crippen LogP contribution in [-0.4, -0.2) is 39.8 Å². The first-order chi connectivity index (χ1) is 5.09. The summed E-state index contributed by atoms with van der Waals surface area (Å²) in [6.45, 7) is 1.93. The first-order valence-electron chi connectivity index (χ1n) is 3.85. The first kappa shape index (κ1) is 15.1. The Morgan fingerprint density at radius 1 is 1.46 bits per heavy atom. The Labute approximate surface area is 82.9 Å². The number of carbonyl (C=O) groups is 1. The lowest BCUT2D eigenvalue weighted by Gasteiger charge is -2.26. The van der Waals surface area contributed by atoms with E-state index in [1.165, 1.54) is 0 Å². The van der Waals surface area contributed by atoms with Gasteiger partial charge < -0.3 is 33.4 Å². The summed E-state index contributed by atoms with van der Waals surface area (Å²) in [5, 5.41) is 19.6. The number of hydrogen-bond acceptors (Lipinski definition) is 2. The quantitative estimate of drug-likeness (QED) is 0.405. The smallest absolute Gasteiger partial charge is 0.362 e. The fourth-order valence-electron chi connectivity index (χ4n) is 1.56. The number of piperidine rings is 1. The standard InChI is InChI=1S/C7H13NO3.ClH.H2O/c1-4-2-5(9)3-6(8-4)7(10)11;;/h4-6,8-9H,2-3H2,1H3,(H,10,11);1H;1H2/t4-,5+,6+;;/m1../s1. The Hall–Kier alpha value is -0.360. The van der Waals surface area contributed by atoms with Gasteiger partial charge in [-0.25, -0.2) is 4.79 Å². The van der Waals surface area contributed by atoms with Crippen LogP contribution in [-0.2, 0) is 4.79 Å². The number of aliphatic hydroxyl groups is 1. The molecule has 0 aromatic carbocycles. The normalized spacial score (nSPS) is 32.6. The molecule has 80 valence electrons. The van der Waals surface area contributed by atoms with Gasteiger partial charge in [-0.15, -0.1) is 0 Å². The van der Waals surface area contributed by atoms with Gasteiger partial charge in [0, 0.05) is 12.8 Å². The van der Waals surface area contributed by atoms with E-state index in [0.29, 0.717) is 12.8 Å². The van der Waals surface area contributed by atoms with Crippen LogP contribution in [0.5, 0.6) is 0 Å². The van der Waals surface area contributed by atoms with Crippen molar-refractivity contribution in [1.82, 2.24) is 0 Å². The molecule has 1 fully saturated rings. The van der Waals surface area contributed by atoms with Crippen molar-refractivity contribution in [3.63, 3.8) is 0 Å². The maximum atomic E-state index is 10.5. The van der Waals surface area contributed by atoms with E-state index in [2.05, 4.69) is 0 Å². The maximum absolute atomic E-state index is 10.5. The molecule has 1 heterocycles. The number of rotatable bonds is 1. The van der Waals surface area contributed by atoms with E-state index in [9.17, 15) is 9.90 Å². The molecule has 0 aliphatic carbocycles. The van der Waals surface area contributed by atoms with Crippen molar-refractivity contribution in [3.05, 3.63) is 0 Å². The van der Waals surface area contributed by atoms with Crippen molar-refractivity contribution >= 4 is 5.97 Å². The minimum absolute atomic E-state index is 0. The SMILES string of the molecule is C[C@@H]1C[C@H](O)C[C@@H](C(=O)O)[NH2+]1.O.[Cl-]. The number of halogens is 1. The largest absolute Gasteiger partial charge is 1.00 e. The molecule has 0 radical (unpaired) electrons. The Kier molecular flexibility index (Phi) is 7.15. The zero-order valence-electron chi connectivity index (χ0n) is 7.40. The lowest BCUT2D eigenvalue weighted by molar-refractivity contribution is -0.718. The summed E-state index contributed by atoms with van der Waals surface area (Å²) in [4.78, 5) is 10.5. The molecule has 0 aromatic rings. The zero-order chi connectivity index (χ0) is 8.43. The minimum Gasteiger partial charge on any atom is -1.00 e. The second-order valence-corrected chi connectivity index (χ2v) is 3.24. The van der Waals surface area contributed by atoms with Crippen LogP contribution in [0.2, 0.25) is 0 Å². The Morgan fingerprint density at radius 3 is 2.38 bits per heavy atom. The summed E-state index contributed by atoms with van der Waals surface area (Å²) in [5.41, 5.74) is 0. The number of carboxylic acids is 1. The van der Waals surface area contributed by atoms with Gasteiger partial charge >= 0.3 is 5.97 Å². The molecule has 0 unspecified atom stereocenters. The number of aliphatic hydroxyl groups excluding tert-OH is 1. The number of nitrogens with two attached hydrogens (primary N) is 1. The van der Waals surface area contributed by atoms with Crippen molar-refractivity contribution in [2.45, 2.75) is 38.0 Å². The summed E-state index contributed by atoms with van der Waals surface area (Å²) in [6.07, 6.45) is 0.639. The van der Waals surface area contributed by atoms with Gasteiger partial charge in [0.15, 0.2) is 6.04 Å². The van der Waals surface area contributed by atoms with Crippen molar-refractivity contribution in [1.29, 1.82) is 0 Å². The molecule has 1 rings (SSSR count). The predicted molar refractivity (Wildman–Crippen MR) is 41.7 cm³/mol. The van der Waals surface area contributed by atoms with Crippen LogP contribution in [0.3, 0.4) is 0 Å². The van der Waals surface area contributed by atoms with Gasteiger partial charge in [0.25, 0.3) is 0 Å².